The molecule has 1 aromatic heterocycles. The Bertz CT molecular complexity index is 947. The number of benzene rings is 2. The predicted octanol–water partition coefficient (Wildman–Crippen LogP) is 3.80. The van der Waals surface area contributed by atoms with Gasteiger partial charge in [0.25, 0.3) is 5.91 Å². The van der Waals surface area contributed by atoms with E-state index in [0.29, 0.717) is 30.2 Å². The third kappa shape index (κ3) is 4.93. The lowest BCUT2D eigenvalue weighted by molar-refractivity contribution is 0.0784. The molecular weight excluding hydrogens is 338 g/mol. The number of nitriles is 1. The molecule has 0 saturated heterocycles. The highest BCUT2D eigenvalue weighted by atomic mass is 16.5. The Labute approximate surface area is 158 Å². The van der Waals surface area contributed by atoms with E-state index in [9.17, 15) is 4.79 Å². The smallest absolute Gasteiger partial charge is 0.254 e. The number of hydrogen-bond donors (Lipinski definition) is 0. The SMILES string of the molecule is CN(Cc1ccc(C#N)cc1)C(=O)c1ccnc(OCc2ccccc2)c1. The van der Waals surface area contributed by atoms with E-state index in [-0.39, 0.29) is 5.91 Å². The van der Waals surface area contributed by atoms with E-state index in [1.165, 1.54) is 0 Å². The highest BCUT2D eigenvalue weighted by Crippen LogP contribution is 2.15. The fourth-order valence-electron chi connectivity index (χ4n) is 2.60. The Kier molecular flexibility index (Phi) is 5.80. The van der Waals surface area contributed by atoms with Crippen molar-refractivity contribution < 1.29 is 9.53 Å². The second-order valence-electron chi connectivity index (χ2n) is 6.13. The molecule has 0 saturated carbocycles. The average molecular weight is 357 g/mol. The molecule has 5 heteroatoms. The number of amides is 1. The van der Waals surface area contributed by atoms with Crippen molar-refractivity contribution in [1.82, 2.24) is 9.88 Å². The van der Waals surface area contributed by atoms with Crippen LogP contribution in [0.3, 0.4) is 0 Å². The van der Waals surface area contributed by atoms with Gasteiger partial charge in [-0.1, -0.05) is 42.5 Å². The van der Waals surface area contributed by atoms with E-state index in [2.05, 4.69) is 11.1 Å². The van der Waals surface area contributed by atoms with Gasteiger partial charge in [-0.05, 0) is 29.3 Å². The molecule has 0 radical (unpaired) electrons. The minimum atomic E-state index is -0.119. The molecule has 0 spiro atoms. The zero-order valence-corrected chi connectivity index (χ0v) is 15.0. The van der Waals surface area contributed by atoms with Crippen LogP contribution in [0.4, 0.5) is 0 Å². The van der Waals surface area contributed by atoms with Gasteiger partial charge < -0.3 is 9.64 Å². The van der Waals surface area contributed by atoms with Crippen LogP contribution in [0.5, 0.6) is 5.88 Å². The third-order valence-corrected chi connectivity index (χ3v) is 4.06. The second kappa shape index (κ2) is 8.63. The van der Waals surface area contributed by atoms with Crippen molar-refractivity contribution in [2.24, 2.45) is 0 Å². The first kappa shape index (κ1) is 18.2. The predicted molar refractivity (Wildman–Crippen MR) is 102 cm³/mol. The molecule has 0 bridgehead atoms. The molecule has 1 heterocycles. The van der Waals surface area contributed by atoms with Crippen molar-refractivity contribution >= 4 is 5.91 Å². The fourth-order valence-corrected chi connectivity index (χ4v) is 2.60. The topological polar surface area (TPSA) is 66.2 Å². The molecule has 0 N–H and O–H groups in total. The minimum absolute atomic E-state index is 0.119. The molecule has 0 aliphatic carbocycles. The number of carbonyl (C=O) groups is 1. The second-order valence-corrected chi connectivity index (χ2v) is 6.13. The average Bonchev–Trinajstić information content (AvgIpc) is 2.73. The van der Waals surface area contributed by atoms with Gasteiger partial charge in [0.15, 0.2) is 0 Å². The number of nitrogens with zero attached hydrogens (tertiary/aromatic N) is 3. The number of carbonyl (C=O) groups excluding carboxylic acids is 1. The summed E-state index contributed by atoms with van der Waals surface area (Å²) in [4.78, 5) is 18.5. The summed E-state index contributed by atoms with van der Waals surface area (Å²) in [6, 6.07) is 22.4. The van der Waals surface area contributed by atoms with Crippen LogP contribution in [0.15, 0.2) is 72.9 Å². The van der Waals surface area contributed by atoms with Gasteiger partial charge in [-0.15, -0.1) is 0 Å². The largest absolute Gasteiger partial charge is 0.473 e. The van der Waals surface area contributed by atoms with Crippen LogP contribution >= 0.6 is 0 Å². The first-order valence-corrected chi connectivity index (χ1v) is 8.53. The van der Waals surface area contributed by atoms with Crippen molar-refractivity contribution in [1.29, 1.82) is 5.26 Å². The number of pyridine rings is 1. The van der Waals surface area contributed by atoms with Gasteiger partial charge in [-0.25, -0.2) is 4.98 Å². The van der Waals surface area contributed by atoms with Crippen LogP contribution in [-0.2, 0) is 13.2 Å². The van der Waals surface area contributed by atoms with Gasteiger partial charge in [-0.2, -0.15) is 5.26 Å². The molecule has 0 unspecified atom stereocenters. The lowest BCUT2D eigenvalue weighted by Gasteiger charge is -2.17. The molecule has 5 nitrogen and oxygen atoms in total. The molecule has 27 heavy (non-hydrogen) atoms. The minimum Gasteiger partial charge on any atom is -0.473 e. The summed E-state index contributed by atoms with van der Waals surface area (Å²) in [6.07, 6.45) is 1.57. The zero-order chi connectivity index (χ0) is 19.1. The molecule has 1 amide bonds. The van der Waals surface area contributed by atoms with Gasteiger partial charge in [0.2, 0.25) is 5.88 Å². The lowest BCUT2D eigenvalue weighted by Crippen LogP contribution is -2.26. The highest BCUT2D eigenvalue weighted by molar-refractivity contribution is 5.94. The molecule has 0 aliphatic heterocycles. The molecule has 0 aliphatic rings. The molecular formula is C22H19N3O2. The van der Waals surface area contributed by atoms with Crippen LogP contribution in [0.2, 0.25) is 0 Å². The van der Waals surface area contributed by atoms with Crippen LogP contribution < -0.4 is 4.74 Å². The Morgan fingerprint density at radius 2 is 1.81 bits per heavy atom. The Hall–Kier alpha value is -3.65. The normalized spacial score (nSPS) is 10.1. The van der Waals surface area contributed by atoms with E-state index >= 15 is 0 Å². The fraction of sp³-hybridized carbons (Fsp3) is 0.136. The van der Waals surface area contributed by atoms with Crippen molar-refractivity contribution in [2.45, 2.75) is 13.2 Å². The summed E-state index contributed by atoms with van der Waals surface area (Å²) in [5.41, 5.74) is 3.11. The van der Waals surface area contributed by atoms with Gasteiger partial charge in [0.05, 0.1) is 11.6 Å². The van der Waals surface area contributed by atoms with Crippen molar-refractivity contribution in [3.8, 4) is 11.9 Å². The van der Waals surface area contributed by atoms with Crippen molar-refractivity contribution in [3.05, 3.63) is 95.2 Å². The van der Waals surface area contributed by atoms with E-state index in [1.54, 1.807) is 42.4 Å². The summed E-state index contributed by atoms with van der Waals surface area (Å²) in [5, 5.41) is 8.86. The summed E-state index contributed by atoms with van der Waals surface area (Å²) < 4.78 is 5.69. The Morgan fingerprint density at radius 3 is 2.52 bits per heavy atom. The van der Waals surface area contributed by atoms with Gasteiger partial charge in [0.1, 0.15) is 6.61 Å². The maximum Gasteiger partial charge on any atom is 0.254 e. The van der Waals surface area contributed by atoms with Crippen molar-refractivity contribution in [3.63, 3.8) is 0 Å². The van der Waals surface area contributed by atoms with Crippen LogP contribution in [-0.4, -0.2) is 22.8 Å². The van der Waals surface area contributed by atoms with E-state index < -0.39 is 0 Å². The van der Waals surface area contributed by atoms with Gasteiger partial charge in [0, 0.05) is 31.4 Å². The summed E-state index contributed by atoms with van der Waals surface area (Å²) in [6.45, 7) is 0.847. The summed E-state index contributed by atoms with van der Waals surface area (Å²) >= 11 is 0. The standard InChI is InChI=1S/C22H19N3O2/c1-25(15-18-9-7-17(14-23)8-10-18)22(26)20-11-12-24-21(13-20)27-16-19-5-3-2-4-6-19/h2-13H,15-16H2,1H3. The monoisotopic (exact) mass is 357 g/mol. The molecule has 134 valence electrons. The Morgan fingerprint density at radius 1 is 1.07 bits per heavy atom. The first-order valence-electron chi connectivity index (χ1n) is 8.53. The van der Waals surface area contributed by atoms with E-state index in [0.717, 1.165) is 11.1 Å². The molecule has 2 aromatic carbocycles. The highest BCUT2D eigenvalue weighted by Gasteiger charge is 2.13. The first-order chi connectivity index (χ1) is 13.2. The molecule has 0 atom stereocenters. The van der Waals surface area contributed by atoms with E-state index in [4.69, 9.17) is 10.00 Å². The van der Waals surface area contributed by atoms with Crippen LogP contribution in [0, 0.1) is 11.3 Å². The number of ether oxygens (including phenoxy) is 1. The summed E-state index contributed by atoms with van der Waals surface area (Å²) in [7, 11) is 1.74. The number of rotatable bonds is 6. The Balaban J connectivity index is 1.64. The van der Waals surface area contributed by atoms with E-state index in [1.807, 2.05) is 42.5 Å². The molecule has 3 rings (SSSR count). The zero-order valence-electron chi connectivity index (χ0n) is 15.0. The number of hydrogen-bond acceptors (Lipinski definition) is 4. The summed E-state index contributed by atoms with van der Waals surface area (Å²) in [5.74, 6) is 0.294. The maximum absolute atomic E-state index is 12.7. The maximum atomic E-state index is 12.7. The molecule has 3 aromatic rings. The lowest BCUT2D eigenvalue weighted by atomic mass is 10.1. The quantitative estimate of drug-likeness (QED) is 0.673. The number of aromatic nitrogens is 1. The molecule has 0 fully saturated rings. The van der Waals surface area contributed by atoms with Crippen LogP contribution in [0.25, 0.3) is 0 Å². The van der Waals surface area contributed by atoms with Crippen LogP contribution in [0.1, 0.15) is 27.0 Å². The van der Waals surface area contributed by atoms with Gasteiger partial charge >= 0.3 is 0 Å². The van der Waals surface area contributed by atoms with Gasteiger partial charge in [-0.3, -0.25) is 4.79 Å². The van der Waals surface area contributed by atoms with Crippen molar-refractivity contribution in [2.75, 3.05) is 7.05 Å². The third-order valence-electron chi connectivity index (χ3n) is 4.06.